The number of aromatic carboxylic acids is 1. The van der Waals surface area contributed by atoms with Crippen LogP contribution in [0, 0.1) is 5.92 Å². The summed E-state index contributed by atoms with van der Waals surface area (Å²) in [7, 11) is 0. The van der Waals surface area contributed by atoms with E-state index in [1.54, 1.807) is 24.3 Å². The van der Waals surface area contributed by atoms with Gasteiger partial charge in [-0.05, 0) is 30.7 Å². The van der Waals surface area contributed by atoms with Crippen molar-refractivity contribution in [3.63, 3.8) is 0 Å². The molecule has 0 aliphatic carbocycles. The molecule has 1 N–H and O–H groups in total. The summed E-state index contributed by atoms with van der Waals surface area (Å²) in [6.45, 7) is 2.20. The van der Waals surface area contributed by atoms with Crippen molar-refractivity contribution in [2.45, 2.75) is 6.42 Å². The van der Waals surface area contributed by atoms with Gasteiger partial charge in [0.25, 0.3) is 0 Å². The summed E-state index contributed by atoms with van der Waals surface area (Å²) in [5, 5.41) is 8.72. The highest BCUT2D eigenvalue weighted by atomic mass is 16.5. The molecule has 0 bridgehead atoms. The molecule has 1 fully saturated rings. The highest BCUT2D eigenvalue weighted by molar-refractivity contribution is 5.87. The summed E-state index contributed by atoms with van der Waals surface area (Å²) in [6.07, 6.45) is 1.03. The van der Waals surface area contributed by atoms with Crippen LogP contribution in [0.4, 0.5) is 0 Å². The summed E-state index contributed by atoms with van der Waals surface area (Å²) < 4.78 is 10.8. The average Bonchev–Trinajstić information content (AvgIpc) is 2.80. The highest BCUT2D eigenvalue weighted by Crippen LogP contribution is 2.17. The number of carboxylic acids is 1. The minimum Gasteiger partial charge on any atom is -0.493 e. The zero-order valence-corrected chi connectivity index (χ0v) is 8.89. The summed E-state index contributed by atoms with van der Waals surface area (Å²) in [6, 6.07) is 6.45. The molecule has 1 atom stereocenters. The van der Waals surface area contributed by atoms with Gasteiger partial charge in [0.1, 0.15) is 5.75 Å². The van der Waals surface area contributed by atoms with E-state index in [0.717, 1.165) is 19.6 Å². The van der Waals surface area contributed by atoms with Crippen molar-refractivity contribution >= 4 is 5.97 Å². The molecular formula is C12H14O4. The molecule has 1 saturated heterocycles. The maximum atomic E-state index is 10.6. The van der Waals surface area contributed by atoms with Crippen molar-refractivity contribution in [3.8, 4) is 5.75 Å². The van der Waals surface area contributed by atoms with Crippen LogP contribution >= 0.6 is 0 Å². The molecule has 0 radical (unpaired) electrons. The normalized spacial score (nSPS) is 19.6. The Hall–Kier alpha value is -1.55. The lowest BCUT2D eigenvalue weighted by atomic mass is 10.1. The molecule has 0 aromatic heterocycles. The van der Waals surface area contributed by atoms with Gasteiger partial charge in [-0.2, -0.15) is 0 Å². The number of carbonyl (C=O) groups is 1. The van der Waals surface area contributed by atoms with Gasteiger partial charge >= 0.3 is 5.97 Å². The summed E-state index contributed by atoms with van der Waals surface area (Å²) >= 11 is 0. The predicted molar refractivity (Wildman–Crippen MR) is 57.8 cm³/mol. The van der Waals surface area contributed by atoms with Crippen LogP contribution in [-0.4, -0.2) is 30.9 Å². The van der Waals surface area contributed by atoms with Gasteiger partial charge in [0.05, 0.1) is 18.8 Å². The molecule has 0 saturated carbocycles. The van der Waals surface area contributed by atoms with Gasteiger partial charge in [0.15, 0.2) is 0 Å². The standard InChI is InChI=1S/C12H14O4/c13-12(14)10-1-3-11(4-2-10)16-8-9-5-6-15-7-9/h1-4,9H,5-8H2,(H,13,14)/t9-/m0/s1. The van der Waals surface area contributed by atoms with Crippen LogP contribution in [0.5, 0.6) is 5.75 Å². The van der Waals surface area contributed by atoms with Gasteiger partial charge in [-0.1, -0.05) is 0 Å². The second-order valence-electron chi connectivity index (χ2n) is 3.87. The van der Waals surface area contributed by atoms with E-state index >= 15 is 0 Å². The largest absolute Gasteiger partial charge is 0.493 e. The van der Waals surface area contributed by atoms with Gasteiger partial charge in [-0.3, -0.25) is 0 Å². The molecule has 1 aromatic rings. The van der Waals surface area contributed by atoms with Crippen LogP contribution in [0.2, 0.25) is 0 Å². The fraction of sp³-hybridized carbons (Fsp3) is 0.417. The first-order valence-corrected chi connectivity index (χ1v) is 5.29. The van der Waals surface area contributed by atoms with Crippen LogP contribution in [-0.2, 0) is 4.74 Å². The fourth-order valence-corrected chi connectivity index (χ4v) is 1.62. The molecule has 4 heteroatoms. The van der Waals surface area contributed by atoms with Crippen molar-refractivity contribution in [2.24, 2.45) is 5.92 Å². The third-order valence-corrected chi connectivity index (χ3v) is 2.61. The first-order chi connectivity index (χ1) is 7.75. The first kappa shape index (κ1) is 11.0. The summed E-state index contributed by atoms with van der Waals surface area (Å²) in [5.41, 5.74) is 0.275. The topological polar surface area (TPSA) is 55.8 Å². The molecule has 2 rings (SSSR count). The number of hydrogen-bond acceptors (Lipinski definition) is 3. The summed E-state index contributed by atoms with van der Waals surface area (Å²) in [5.74, 6) is 0.242. The Morgan fingerprint density at radius 3 is 2.75 bits per heavy atom. The monoisotopic (exact) mass is 222 g/mol. The van der Waals surface area contributed by atoms with Crippen molar-refractivity contribution < 1.29 is 19.4 Å². The van der Waals surface area contributed by atoms with Gasteiger partial charge in [-0.25, -0.2) is 4.79 Å². The van der Waals surface area contributed by atoms with E-state index in [0.29, 0.717) is 18.3 Å². The smallest absolute Gasteiger partial charge is 0.335 e. The highest BCUT2D eigenvalue weighted by Gasteiger charge is 2.16. The third kappa shape index (κ3) is 2.73. The van der Waals surface area contributed by atoms with Crippen molar-refractivity contribution in [2.75, 3.05) is 19.8 Å². The Morgan fingerprint density at radius 2 is 2.19 bits per heavy atom. The molecule has 1 aliphatic heterocycles. The van der Waals surface area contributed by atoms with E-state index in [1.807, 2.05) is 0 Å². The Morgan fingerprint density at radius 1 is 1.44 bits per heavy atom. The lowest BCUT2D eigenvalue weighted by Gasteiger charge is -2.10. The summed E-state index contributed by atoms with van der Waals surface area (Å²) in [4.78, 5) is 10.6. The third-order valence-electron chi connectivity index (χ3n) is 2.61. The van der Waals surface area contributed by atoms with E-state index in [2.05, 4.69) is 0 Å². The molecular weight excluding hydrogens is 208 g/mol. The molecule has 86 valence electrons. The molecule has 1 heterocycles. The molecule has 16 heavy (non-hydrogen) atoms. The molecule has 4 nitrogen and oxygen atoms in total. The van der Waals surface area contributed by atoms with Crippen molar-refractivity contribution in [1.82, 2.24) is 0 Å². The Bertz CT molecular complexity index is 352. The zero-order valence-electron chi connectivity index (χ0n) is 8.89. The SMILES string of the molecule is O=C(O)c1ccc(OC[C@H]2CCOC2)cc1. The number of ether oxygens (including phenoxy) is 2. The average molecular weight is 222 g/mol. The number of carboxylic acid groups (broad SMARTS) is 1. The van der Waals surface area contributed by atoms with E-state index in [1.165, 1.54) is 0 Å². The lowest BCUT2D eigenvalue weighted by molar-refractivity contribution is 0.0697. The Labute approximate surface area is 93.8 Å². The zero-order chi connectivity index (χ0) is 11.4. The van der Waals surface area contributed by atoms with E-state index in [4.69, 9.17) is 14.6 Å². The van der Waals surface area contributed by atoms with Crippen molar-refractivity contribution in [1.29, 1.82) is 0 Å². The number of benzene rings is 1. The van der Waals surface area contributed by atoms with Crippen LogP contribution in [0.3, 0.4) is 0 Å². The van der Waals surface area contributed by atoms with E-state index < -0.39 is 5.97 Å². The maximum absolute atomic E-state index is 10.6. The molecule has 0 amide bonds. The molecule has 0 spiro atoms. The van der Waals surface area contributed by atoms with Crippen molar-refractivity contribution in [3.05, 3.63) is 29.8 Å². The van der Waals surface area contributed by atoms with Gasteiger partial charge in [-0.15, -0.1) is 0 Å². The van der Waals surface area contributed by atoms with Crippen LogP contribution in [0.1, 0.15) is 16.8 Å². The minimum atomic E-state index is -0.921. The van der Waals surface area contributed by atoms with Crippen LogP contribution < -0.4 is 4.74 Å². The predicted octanol–water partition coefficient (Wildman–Crippen LogP) is 1.80. The Balaban J connectivity index is 1.87. The second kappa shape index (κ2) is 4.99. The quantitative estimate of drug-likeness (QED) is 0.844. The van der Waals surface area contributed by atoms with Crippen LogP contribution in [0.15, 0.2) is 24.3 Å². The Kier molecular flexibility index (Phi) is 3.41. The van der Waals surface area contributed by atoms with E-state index in [9.17, 15) is 4.79 Å². The number of rotatable bonds is 4. The lowest BCUT2D eigenvalue weighted by Crippen LogP contribution is -2.11. The molecule has 0 unspecified atom stereocenters. The maximum Gasteiger partial charge on any atom is 0.335 e. The molecule has 1 aliphatic rings. The van der Waals surface area contributed by atoms with Gasteiger partial charge < -0.3 is 14.6 Å². The fourth-order valence-electron chi connectivity index (χ4n) is 1.62. The van der Waals surface area contributed by atoms with Gasteiger partial charge in [0.2, 0.25) is 0 Å². The molecule has 1 aromatic carbocycles. The van der Waals surface area contributed by atoms with E-state index in [-0.39, 0.29) is 5.56 Å². The number of hydrogen-bond donors (Lipinski definition) is 1. The minimum absolute atomic E-state index is 0.275. The first-order valence-electron chi connectivity index (χ1n) is 5.29. The van der Waals surface area contributed by atoms with Crippen LogP contribution in [0.25, 0.3) is 0 Å². The second-order valence-corrected chi connectivity index (χ2v) is 3.87. The van der Waals surface area contributed by atoms with Gasteiger partial charge in [0, 0.05) is 12.5 Å².